The number of hydrogen-bond acceptors (Lipinski definition) is 3. The lowest BCUT2D eigenvalue weighted by atomic mass is 9.92. The molecule has 3 atom stereocenters. The third-order valence-corrected chi connectivity index (χ3v) is 4.80. The van der Waals surface area contributed by atoms with Crippen molar-refractivity contribution in [1.82, 2.24) is 9.80 Å². The van der Waals surface area contributed by atoms with Crippen molar-refractivity contribution in [2.45, 2.75) is 65.1 Å². The van der Waals surface area contributed by atoms with Gasteiger partial charge >= 0.3 is 0 Å². The first-order chi connectivity index (χ1) is 9.11. The van der Waals surface area contributed by atoms with E-state index in [2.05, 4.69) is 37.5 Å². The number of piperazine rings is 1. The highest BCUT2D eigenvalue weighted by Crippen LogP contribution is 2.27. The highest BCUT2D eigenvalue weighted by Gasteiger charge is 2.36. The van der Waals surface area contributed by atoms with E-state index in [1.807, 2.05) is 0 Å². The summed E-state index contributed by atoms with van der Waals surface area (Å²) in [5.74, 6) is 0.733. The molecule has 2 saturated heterocycles. The summed E-state index contributed by atoms with van der Waals surface area (Å²) in [6.45, 7) is 14.8. The van der Waals surface area contributed by atoms with Gasteiger partial charge in [-0.15, -0.1) is 0 Å². The van der Waals surface area contributed by atoms with E-state index < -0.39 is 0 Å². The first-order valence-corrected chi connectivity index (χ1v) is 8.21. The molecule has 2 rings (SSSR count). The van der Waals surface area contributed by atoms with Crippen LogP contribution in [0.4, 0.5) is 0 Å². The number of nitrogens with zero attached hydrogens (tertiary/aromatic N) is 2. The second kappa shape index (κ2) is 7.05. The average molecular weight is 268 g/mol. The zero-order valence-corrected chi connectivity index (χ0v) is 13.3. The van der Waals surface area contributed by atoms with Crippen LogP contribution in [0.2, 0.25) is 0 Å². The van der Waals surface area contributed by atoms with Gasteiger partial charge in [-0.3, -0.25) is 9.80 Å². The molecule has 2 aliphatic rings. The maximum absolute atomic E-state index is 5.75. The lowest BCUT2D eigenvalue weighted by molar-refractivity contribution is -0.0376. The second-order valence-electron chi connectivity index (χ2n) is 6.68. The van der Waals surface area contributed by atoms with Crippen molar-refractivity contribution in [2.75, 3.05) is 32.8 Å². The summed E-state index contributed by atoms with van der Waals surface area (Å²) >= 11 is 0. The van der Waals surface area contributed by atoms with Crippen LogP contribution in [0, 0.1) is 5.92 Å². The molecular formula is C16H32N2O. The van der Waals surface area contributed by atoms with E-state index in [9.17, 15) is 0 Å². The minimum absolute atomic E-state index is 0.362. The van der Waals surface area contributed by atoms with Gasteiger partial charge in [0, 0.05) is 38.3 Å². The highest BCUT2D eigenvalue weighted by atomic mass is 16.5. The van der Waals surface area contributed by atoms with Gasteiger partial charge in [0.1, 0.15) is 0 Å². The van der Waals surface area contributed by atoms with Crippen LogP contribution < -0.4 is 0 Å². The van der Waals surface area contributed by atoms with Gasteiger partial charge in [-0.25, -0.2) is 0 Å². The van der Waals surface area contributed by atoms with Gasteiger partial charge in [0.15, 0.2) is 0 Å². The molecule has 0 N–H and O–H groups in total. The lowest BCUT2D eigenvalue weighted by Gasteiger charge is -2.50. The van der Waals surface area contributed by atoms with E-state index in [1.54, 1.807) is 0 Å². The number of rotatable bonds is 5. The van der Waals surface area contributed by atoms with Crippen LogP contribution in [0.3, 0.4) is 0 Å². The Kier molecular flexibility index (Phi) is 5.67. The number of ether oxygens (including phenoxy) is 1. The average Bonchev–Trinajstić information content (AvgIpc) is 2.38. The summed E-state index contributed by atoms with van der Waals surface area (Å²) in [5, 5.41) is 0. The first-order valence-electron chi connectivity index (χ1n) is 8.21. The van der Waals surface area contributed by atoms with E-state index in [0.29, 0.717) is 12.1 Å². The van der Waals surface area contributed by atoms with Crippen LogP contribution in [-0.4, -0.2) is 60.8 Å². The Morgan fingerprint density at radius 1 is 1.16 bits per heavy atom. The van der Waals surface area contributed by atoms with Crippen molar-refractivity contribution in [3.05, 3.63) is 0 Å². The molecule has 19 heavy (non-hydrogen) atoms. The molecule has 0 aromatic carbocycles. The predicted molar refractivity (Wildman–Crippen MR) is 80.5 cm³/mol. The minimum Gasteiger partial charge on any atom is -0.377 e. The zero-order valence-electron chi connectivity index (χ0n) is 13.3. The van der Waals surface area contributed by atoms with Crippen molar-refractivity contribution >= 4 is 0 Å². The van der Waals surface area contributed by atoms with Crippen LogP contribution in [0.15, 0.2) is 0 Å². The Hall–Kier alpha value is -0.120. The fourth-order valence-corrected chi connectivity index (χ4v) is 3.78. The standard InChI is InChI=1S/C16H32N2O/c1-5-19-14(4)10-18-11-15-8-6-7-9-17(15)12-16(18)13(2)3/h13-16H,5-12H2,1-4H3. The third kappa shape index (κ3) is 3.93. The van der Waals surface area contributed by atoms with Gasteiger partial charge in [-0.05, 0) is 39.2 Å². The molecule has 0 aromatic heterocycles. The topological polar surface area (TPSA) is 15.7 Å². The summed E-state index contributed by atoms with van der Waals surface area (Å²) in [6, 6.07) is 1.51. The summed E-state index contributed by atoms with van der Waals surface area (Å²) in [5.41, 5.74) is 0. The van der Waals surface area contributed by atoms with Gasteiger partial charge in [-0.2, -0.15) is 0 Å². The maximum Gasteiger partial charge on any atom is 0.0673 e. The van der Waals surface area contributed by atoms with Crippen molar-refractivity contribution in [1.29, 1.82) is 0 Å². The molecule has 0 amide bonds. The maximum atomic E-state index is 5.75. The van der Waals surface area contributed by atoms with Gasteiger partial charge in [0.25, 0.3) is 0 Å². The van der Waals surface area contributed by atoms with Crippen LogP contribution in [0.25, 0.3) is 0 Å². The van der Waals surface area contributed by atoms with Gasteiger partial charge < -0.3 is 4.74 Å². The summed E-state index contributed by atoms with van der Waals surface area (Å²) < 4.78 is 5.75. The van der Waals surface area contributed by atoms with Crippen molar-refractivity contribution < 1.29 is 4.74 Å². The molecule has 0 radical (unpaired) electrons. The normalized spacial score (nSPS) is 31.4. The SMILES string of the molecule is CCOC(C)CN1CC2CCCCN2CC1C(C)C. The molecule has 2 heterocycles. The van der Waals surface area contributed by atoms with Crippen molar-refractivity contribution in [3.63, 3.8) is 0 Å². The molecule has 0 aromatic rings. The molecule has 2 aliphatic heterocycles. The Labute approximate surface area is 119 Å². The number of hydrogen-bond donors (Lipinski definition) is 0. The van der Waals surface area contributed by atoms with E-state index >= 15 is 0 Å². The Morgan fingerprint density at radius 3 is 2.63 bits per heavy atom. The molecule has 2 fully saturated rings. The Bertz CT molecular complexity index is 269. The van der Waals surface area contributed by atoms with E-state index in [1.165, 1.54) is 38.9 Å². The predicted octanol–water partition coefficient (Wildman–Crippen LogP) is 2.61. The highest BCUT2D eigenvalue weighted by molar-refractivity contribution is 4.92. The lowest BCUT2D eigenvalue weighted by Crippen LogP contribution is -2.61. The monoisotopic (exact) mass is 268 g/mol. The second-order valence-corrected chi connectivity index (χ2v) is 6.68. The quantitative estimate of drug-likeness (QED) is 0.762. The summed E-state index contributed by atoms with van der Waals surface area (Å²) in [4.78, 5) is 5.45. The summed E-state index contributed by atoms with van der Waals surface area (Å²) in [7, 11) is 0. The Morgan fingerprint density at radius 2 is 1.95 bits per heavy atom. The molecule has 0 spiro atoms. The Balaban J connectivity index is 1.97. The molecule has 0 bridgehead atoms. The first kappa shape index (κ1) is 15.3. The summed E-state index contributed by atoms with van der Waals surface area (Å²) in [6.07, 6.45) is 4.57. The van der Waals surface area contributed by atoms with Crippen LogP contribution in [0.1, 0.15) is 47.0 Å². The molecule has 3 unspecified atom stereocenters. The minimum atomic E-state index is 0.362. The largest absolute Gasteiger partial charge is 0.377 e. The fourth-order valence-electron chi connectivity index (χ4n) is 3.78. The van der Waals surface area contributed by atoms with Crippen molar-refractivity contribution in [3.8, 4) is 0 Å². The van der Waals surface area contributed by atoms with Gasteiger partial charge in [0.2, 0.25) is 0 Å². The van der Waals surface area contributed by atoms with Crippen molar-refractivity contribution in [2.24, 2.45) is 5.92 Å². The number of fused-ring (bicyclic) bond motifs is 1. The van der Waals surface area contributed by atoms with Gasteiger partial charge in [0.05, 0.1) is 6.10 Å². The zero-order chi connectivity index (χ0) is 13.8. The molecule has 112 valence electrons. The molecule has 0 aliphatic carbocycles. The molecule has 0 saturated carbocycles. The van der Waals surface area contributed by atoms with Crippen LogP contribution in [-0.2, 0) is 4.74 Å². The molecule has 3 nitrogen and oxygen atoms in total. The molecular weight excluding hydrogens is 236 g/mol. The smallest absolute Gasteiger partial charge is 0.0673 e. The number of piperidine rings is 1. The third-order valence-electron chi connectivity index (χ3n) is 4.80. The van der Waals surface area contributed by atoms with Crippen LogP contribution >= 0.6 is 0 Å². The van der Waals surface area contributed by atoms with Crippen LogP contribution in [0.5, 0.6) is 0 Å². The van der Waals surface area contributed by atoms with E-state index in [4.69, 9.17) is 4.74 Å². The molecule has 3 heteroatoms. The van der Waals surface area contributed by atoms with E-state index in [-0.39, 0.29) is 0 Å². The van der Waals surface area contributed by atoms with Gasteiger partial charge in [-0.1, -0.05) is 20.3 Å². The van der Waals surface area contributed by atoms with E-state index in [0.717, 1.165) is 25.1 Å². The fraction of sp³-hybridized carbons (Fsp3) is 1.00.